The van der Waals surface area contributed by atoms with E-state index in [1.54, 1.807) is 7.11 Å². The number of piperazine rings is 1. The van der Waals surface area contributed by atoms with E-state index in [4.69, 9.17) is 9.72 Å². The highest BCUT2D eigenvalue weighted by Gasteiger charge is 2.29. The number of aromatic nitrogens is 2. The number of rotatable bonds is 7. The van der Waals surface area contributed by atoms with Gasteiger partial charge in [-0.05, 0) is 49.2 Å². The molecular weight excluding hydrogens is 539 g/mol. The molecule has 5 rings (SSSR count). The molecule has 8 heteroatoms. The van der Waals surface area contributed by atoms with Crippen molar-refractivity contribution in [3.05, 3.63) is 107 Å². The van der Waals surface area contributed by atoms with Gasteiger partial charge in [0.2, 0.25) is 0 Å². The quantitative estimate of drug-likeness (QED) is 0.255. The van der Waals surface area contributed by atoms with Gasteiger partial charge in [0.05, 0.1) is 24.9 Å². The summed E-state index contributed by atoms with van der Waals surface area (Å²) in [6.45, 7) is 8.48. The predicted molar refractivity (Wildman–Crippen MR) is 163 cm³/mol. The summed E-state index contributed by atoms with van der Waals surface area (Å²) in [5.41, 5.74) is 6.05. The number of hydrogen-bond donors (Lipinski definition) is 1. The van der Waals surface area contributed by atoms with Crippen LogP contribution < -0.4 is 4.74 Å². The highest BCUT2D eigenvalue weighted by Crippen LogP contribution is 2.32. The molecule has 38 heavy (non-hydrogen) atoms. The summed E-state index contributed by atoms with van der Waals surface area (Å²) in [5.74, 6) is 1.77. The molecule has 0 aliphatic carbocycles. The van der Waals surface area contributed by atoms with Crippen LogP contribution in [0.15, 0.2) is 84.9 Å². The van der Waals surface area contributed by atoms with Crippen molar-refractivity contribution >= 4 is 37.2 Å². The predicted octanol–water partition coefficient (Wildman–Crippen LogP) is 7.13. The minimum absolute atomic E-state index is 0. The van der Waals surface area contributed by atoms with Gasteiger partial charge in [0, 0.05) is 37.4 Å². The third-order valence-corrected chi connectivity index (χ3v) is 7.17. The Hall–Kier alpha value is -2.54. The van der Waals surface area contributed by atoms with Crippen LogP contribution in [0.3, 0.4) is 0 Å². The number of nitrogens with zero attached hydrogens (tertiary/aromatic N) is 3. The minimum Gasteiger partial charge on any atom is -0.497 e. The van der Waals surface area contributed by atoms with E-state index in [1.165, 1.54) is 11.1 Å². The molecule has 3 aromatic carbocycles. The molecule has 204 valence electrons. The highest BCUT2D eigenvalue weighted by atomic mass is 35.5. The molecule has 1 saturated heterocycles. The van der Waals surface area contributed by atoms with Crippen molar-refractivity contribution in [3.63, 3.8) is 0 Å². The fraction of sp³-hybridized carbons (Fsp3) is 0.300. The van der Waals surface area contributed by atoms with E-state index >= 15 is 0 Å². The lowest BCUT2D eigenvalue weighted by Gasteiger charge is -2.41. The lowest BCUT2D eigenvalue weighted by Crippen LogP contribution is -2.48. The van der Waals surface area contributed by atoms with Crippen LogP contribution in [0.4, 0.5) is 0 Å². The zero-order valence-electron chi connectivity index (χ0n) is 22.0. The van der Waals surface area contributed by atoms with Crippen molar-refractivity contribution in [2.24, 2.45) is 0 Å². The van der Waals surface area contributed by atoms with Gasteiger partial charge in [0.15, 0.2) is 0 Å². The molecule has 0 saturated carbocycles. The average Bonchev–Trinajstić information content (AvgIpc) is 3.31. The Morgan fingerprint density at radius 2 is 1.24 bits per heavy atom. The second kappa shape index (κ2) is 14.6. The lowest BCUT2D eigenvalue weighted by molar-refractivity contribution is 0.0826. The Morgan fingerprint density at radius 1 is 0.737 bits per heavy atom. The summed E-state index contributed by atoms with van der Waals surface area (Å²) >= 11 is 0. The van der Waals surface area contributed by atoms with E-state index in [0.717, 1.165) is 54.7 Å². The first-order chi connectivity index (χ1) is 17.1. The number of ether oxygens (including phenoxy) is 1. The Labute approximate surface area is 244 Å². The summed E-state index contributed by atoms with van der Waals surface area (Å²) in [6, 6.07) is 30.4. The molecule has 1 N–H and O–H groups in total. The number of nitrogens with one attached hydrogen (secondary N) is 1. The van der Waals surface area contributed by atoms with Crippen LogP contribution in [0, 0.1) is 6.92 Å². The van der Waals surface area contributed by atoms with Gasteiger partial charge < -0.3 is 9.72 Å². The first kappa shape index (κ1) is 31.7. The molecule has 1 aliphatic heterocycles. The summed E-state index contributed by atoms with van der Waals surface area (Å²) in [5, 5.41) is 0. The molecule has 2 heterocycles. The van der Waals surface area contributed by atoms with E-state index in [2.05, 4.69) is 101 Å². The topological polar surface area (TPSA) is 44.4 Å². The van der Waals surface area contributed by atoms with Gasteiger partial charge in [0.25, 0.3) is 0 Å². The summed E-state index contributed by atoms with van der Waals surface area (Å²) in [7, 11) is 1.69. The van der Waals surface area contributed by atoms with E-state index in [-0.39, 0.29) is 49.3 Å². The number of aromatic amines is 1. The molecule has 1 atom stereocenters. The van der Waals surface area contributed by atoms with Crippen LogP contribution in [0.1, 0.15) is 41.5 Å². The average molecular weight is 576 g/mol. The third kappa shape index (κ3) is 6.90. The van der Waals surface area contributed by atoms with E-state index in [0.29, 0.717) is 0 Å². The first-order valence-electron chi connectivity index (χ1n) is 12.4. The highest BCUT2D eigenvalue weighted by molar-refractivity contribution is 5.86. The summed E-state index contributed by atoms with van der Waals surface area (Å²) in [4.78, 5) is 13.7. The first-order valence-corrected chi connectivity index (χ1v) is 12.4. The standard InChI is InChI=1S/C30H34N4O.3ClH/c1-22-28(32-30(31-22)26-14-16-27(35-3)17-15-26)23(2)33-18-20-34(21-19-33)29(24-10-6-4-7-11-24)25-12-8-5-9-13-25;;;/h4-17,23,29H,18-21H2,1-3H3,(H,31,32);3*1H. The number of methoxy groups -OCH3 is 1. The van der Waals surface area contributed by atoms with Gasteiger partial charge in [-0.1, -0.05) is 60.7 Å². The Morgan fingerprint density at radius 3 is 1.74 bits per heavy atom. The zero-order chi connectivity index (χ0) is 24.2. The number of aryl methyl sites for hydroxylation is 1. The molecular formula is C30H37Cl3N4O. The van der Waals surface area contributed by atoms with Crippen LogP contribution in [-0.4, -0.2) is 53.1 Å². The minimum atomic E-state index is 0. The van der Waals surface area contributed by atoms with Crippen LogP contribution in [0.2, 0.25) is 0 Å². The van der Waals surface area contributed by atoms with Crippen LogP contribution >= 0.6 is 37.2 Å². The molecule has 0 spiro atoms. The summed E-state index contributed by atoms with van der Waals surface area (Å²) in [6.07, 6.45) is 0. The molecule has 1 aliphatic rings. The lowest BCUT2D eigenvalue weighted by atomic mass is 9.96. The molecule has 1 fully saturated rings. The fourth-order valence-electron chi connectivity index (χ4n) is 5.21. The normalized spacial score (nSPS) is 14.6. The van der Waals surface area contributed by atoms with Crippen LogP contribution in [0.5, 0.6) is 5.75 Å². The maximum atomic E-state index is 5.29. The van der Waals surface area contributed by atoms with Crippen LogP contribution in [-0.2, 0) is 0 Å². The Bertz CT molecular complexity index is 1190. The van der Waals surface area contributed by atoms with Gasteiger partial charge >= 0.3 is 0 Å². The number of halogens is 3. The fourth-order valence-corrected chi connectivity index (χ4v) is 5.21. The van der Waals surface area contributed by atoms with Crippen molar-refractivity contribution < 1.29 is 4.74 Å². The smallest absolute Gasteiger partial charge is 0.137 e. The van der Waals surface area contributed by atoms with Gasteiger partial charge in [-0.3, -0.25) is 9.80 Å². The number of hydrogen-bond acceptors (Lipinski definition) is 4. The van der Waals surface area contributed by atoms with Crippen molar-refractivity contribution in [2.75, 3.05) is 33.3 Å². The third-order valence-electron chi connectivity index (χ3n) is 7.17. The van der Waals surface area contributed by atoms with Crippen LogP contribution in [0.25, 0.3) is 11.4 Å². The molecule has 4 aromatic rings. The number of H-pyrrole nitrogens is 1. The van der Waals surface area contributed by atoms with E-state index < -0.39 is 0 Å². The van der Waals surface area contributed by atoms with Crippen molar-refractivity contribution in [2.45, 2.75) is 25.9 Å². The largest absolute Gasteiger partial charge is 0.497 e. The molecule has 1 unspecified atom stereocenters. The number of benzene rings is 3. The maximum absolute atomic E-state index is 5.29. The summed E-state index contributed by atoms with van der Waals surface area (Å²) < 4.78 is 5.29. The van der Waals surface area contributed by atoms with Crippen molar-refractivity contribution in [3.8, 4) is 17.1 Å². The molecule has 0 amide bonds. The second-order valence-corrected chi connectivity index (χ2v) is 9.30. The van der Waals surface area contributed by atoms with Gasteiger partial charge in [-0.15, -0.1) is 37.2 Å². The molecule has 1 aromatic heterocycles. The Kier molecular flexibility index (Phi) is 12.1. The maximum Gasteiger partial charge on any atom is 0.137 e. The van der Waals surface area contributed by atoms with Crippen molar-refractivity contribution in [1.29, 1.82) is 0 Å². The molecule has 5 nitrogen and oxygen atoms in total. The Balaban J connectivity index is 0.00000169. The second-order valence-electron chi connectivity index (χ2n) is 9.30. The van der Waals surface area contributed by atoms with Gasteiger partial charge in [-0.25, -0.2) is 4.98 Å². The SMILES string of the molecule is COc1ccc(-c2nc(C(C)N3CCN(C(c4ccccc4)c4ccccc4)CC3)c(C)[nH]2)cc1.Cl.Cl.Cl. The van der Waals surface area contributed by atoms with E-state index in [1.807, 2.05) is 12.1 Å². The van der Waals surface area contributed by atoms with Crippen molar-refractivity contribution in [1.82, 2.24) is 19.8 Å². The van der Waals surface area contributed by atoms with E-state index in [9.17, 15) is 0 Å². The van der Waals surface area contributed by atoms with Gasteiger partial charge in [0.1, 0.15) is 11.6 Å². The molecule has 0 radical (unpaired) electrons. The zero-order valence-corrected chi connectivity index (χ0v) is 24.5. The van der Waals surface area contributed by atoms with Gasteiger partial charge in [-0.2, -0.15) is 0 Å². The number of imidazole rings is 1. The molecule has 0 bridgehead atoms. The monoisotopic (exact) mass is 574 g/mol.